The Morgan fingerprint density at radius 3 is 2.75 bits per heavy atom. The summed E-state index contributed by atoms with van der Waals surface area (Å²) in [6, 6.07) is 5.21. The summed E-state index contributed by atoms with van der Waals surface area (Å²) in [6.45, 7) is 1.46. The highest BCUT2D eigenvalue weighted by atomic mass is 19.3. The van der Waals surface area contributed by atoms with E-state index in [1.54, 1.807) is 0 Å². The van der Waals surface area contributed by atoms with Crippen LogP contribution in [0, 0.1) is 5.92 Å². The monoisotopic (exact) mass is 348 g/mol. The number of hydrogen-bond acceptors (Lipinski definition) is 3. The van der Waals surface area contributed by atoms with E-state index in [2.05, 4.69) is 4.74 Å². The molecule has 0 spiro atoms. The summed E-state index contributed by atoms with van der Waals surface area (Å²) >= 11 is 0. The van der Waals surface area contributed by atoms with Crippen molar-refractivity contribution < 1.29 is 27.1 Å². The molecule has 1 aromatic rings. The molecule has 2 N–H and O–H groups in total. The molecule has 1 saturated heterocycles. The van der Waals surface area contributed by atoms with Crippen molar-refractivity contribution in [1.29, 1.82) is 0 Å². The Bertz CT molecular complexity index is 567. The van der Waals surface area contributed by atoms with Crippen LogP contribution < -0.4 is 10.5 Å². The first-order valence-electron chi connectivity index (χ1n) is 7.78. The highest BCUT2D eigenvalue weighted by Gasteiger charge is 2.44. The summed E-state index contributed by atoms with van der Waals surface area (Å²) in [6.07, 6.45) is -6.13. The quantitative estimate of drug-likeness (QED) is 0.804. The average molecular weight is 348 g/mol. The van der Waals surface area contributed by atoms with Crippen LogP contribution in [-0.4, -0.2) is 43.0 Å². The molecular formula is C16H20F4N2O2. The van der Waals surface area contributed by atoms with E-state index >= 15 is 0 Å². The summed E-state index contributed by atoms with van der Waals surface area (Å²) in [5.41, 5.74) is 5.39. The first kappa shape index (κ1) is 18.5. The maximum Gasteiger partial charge on any atom is 0.461 e. The Morgan fingerprint density at radius 2 is 2.08 bits per heavy atom. The molecule has 1 aliphatic heterocycles. The predicted molar refractivity (Wildman–Crippen MR) is 80.3 cm³/mol. The van der Waals surface area contributed by atoms with Gasteiger partial charge in [0.15, 0.2) is 0 Å². The number of rotatable bonds is 6. The highest BCUT2D eigenvalue weighted by molar-refractivity contribution is 5.97. The summed E-state index contributed by atoms with van der Waals surface area (Å²) in [5, 5.41) is 0. The molecule has 0 aromatic heterocycles. The van der Waals surface area contributed by atoms with Gasteiger partial charge in [-0.15, -0.1) is 0 Å². The van der Waals surface area contributed by atoms with Crippen LogP contribution in [0.25, 0.3) is 0 Å². The number of benzene rings is 1. The Labute approximate surface area is 137 Å². The molecule has 1 aliphatic rings. The smallest absolute Gasteiger partial charge is 0.427 e. The number of carbonyl (C=O) groups excluding carboxylic acids is 1. The van der Waals surface area contributed by atoms with E-state index in [1.165, 1.54) is 23.1 Å². The molecule has 8 heteroatoms. The fourth-order valence-corrected chi connectivity index (χ4v) is 2.81. The molecule has 4 nitrogen and oxygen atoms in total. The van der Waals surface area contributed by atoms with E-state index in [0.29, 0.717) is 19.6 Å². The summed E-state index contributed by atoms with van der Waals surface area (Å²) in [4.78, 5) is 14.1. The lowest BCUT2D eigenvalue weighted by molar-refractivity contribution is -0.253. The molecule has 134 valence electrons. The van der Waals surface area contributed by atoms with Crippen molar-refractivity contribution in [3.8, 4) is 5.75 Å². The van der Waals surface area contributed by atoms with E-state index in [0.717, 1.165) is 25.3 Å². The topological polar surface area (TPSA) is 55.6 Å². The van der Waals surface area contributed by atoms with Crippen LogP contribution in [0.3, 0.4) is 0 Å². The average Bonchev–Trinajstić information content (AvgIpc) is 2.55. The number of nitrogens with zero attached hydrogens (tertiary/aromatic N) is 1. The van der Waals surface area contributed by atoms with Crippen molar-refractivity contribution in [2.24, 2.45) is 11.7 Å². The van der Waals surface area contributed by atoms with Crippen LogP contribution in [0.1, 0.15) is 29.6 Å². The van der Waals surface area contributed by atoms with Gasteiger partial charge < -0.3 is 15.4 Å². The van der Waals surface area contributed by atoms with Gasteiger partial charge in [-0.1, -0.05) is 12.1 Å². The molecule has 0 aliphatic carbocycles. The number of piperidine rings is 1. The summed E-state index contributed by atoms with van der Waals surface area (Å²) < 4.78 is 55.1. The summed E-state index contributed by atoms with van der Waals surface area (Å²) in [5.74, 6) is -0.797. The lowest BCUT2D eigenvalue weighted by Crippen LogP contribution is -2.41. The van der Waals surface area contributed by atoms with Gasteiger partial charge in [-0.05, 0) is 43.9 Å². The third-order valence-electron chi connectivity index (χ3n) is 4.00. The number of hydrogen-bond donors (Lipinski definition) is 1. The SMILES string of the molecule is NCC[C@H]1CCCN(C(=O)c2ccccc2OC(F)(F)C(F)F)C1. The summed E-state index contributed by atoms with van der Waals surface area (Å²) in [7, 11) is 0. The molecule has 2 rings (SSSR count). The van der Waals surface area contributed by atoms with Gasteiger partial charge >= 0.3 is 12.5 Å². The van der Waals surface area contributed by atoms with Crippen LogP contribution in [0.15, 0.2) is 24.3 Å². The van der Waals surface area contributed by atoms with Gasteiger partial charge in [0.05, 0.1) is 5.56 Å². The van der Waals surface area contributed by atoms with Crippen molar-refractivity contribution in [2.75, 3.05) is 19.6 Å². The van der Waals surface area contributed by atoms with Gasteiger partial charge in [-0.25, -0.2) is 0 Å². The fourth-order valence-electron chi connectivity index (χ4n) is 2.81. The second-order valence-corrected chi connectivity index (χ2v) is 5.80. The van der Waals surface area contributed by atoms with Gasteiger partial charge in [0, 0.05) is 13.1 Å². The van der Waals surface area contributed by atoms with Crippen LogP contribution in [-0.2, 0) is 0 Å². The molecule has 1 aromatic carbocycles. The first-order chi connectivity index (χ1) is 11.3. The molecule has 1 atom stereocenters. The number of alkyl halides is 4. The van der Waals surface area contributed by atoms with E-state index in [-0.39, 0.29) is 11.5 Å². The van der Waals surface area contributed by atoms with E-state index in [9.17, 15) is 22.4 Å². The molecule has 0 bridgehead atoms. The van der Waals surface area contributed by atoms with Gasteiger partial charge in [-0.2, -0.15) is 17.6 Å². The zero-order chi connectivity index (χ0) is 17.7. The number of halogens is 4. The largest absolute Gasteiger partial charge is 0.461 e. The second-order valence-electron chi connectivity index (χ2n) is 5.80. The predicted octanol–water partition coefficient (Wildman–Crippen LogP) is 3.12. The highest BCUT2D eigenvalue weighted by Crippen LogP contribution is 2.31. The Morgan fingerprint density at radius 1 is 1.38 bits per heavy atom. The van der Waals surface area contributed by atoms with Gasteiger partial charge in [0.2, 0.25) is 0 Å². The lowest BCUT2D eigenvalue weighted by Gasteiger charge is -2.33. The molecule has 0 unspecified atom stereocenters. The third kappa shape index (κ3) is 4.37. The van der Waals surface area contributed by atoms with E-state index < -0.39 is 24.2 Å². The third-order valence-corrected chi connectivity index (χ3v) is 4.00. The Balaban J connectivity index is 2.18. The second kappa shape index (κ2) is 7.83. The molecule has 1 amide bonds. The number of amides is 1. The first-order valence-corrected chi connectivity index (χ1v) is 7.78. The van der Waals surface area contributed by atoms with Crippen LogP contribution in [0.2, 0.25) is 0 Å². The Kier molecular flexibility index (Phi) is 6.04. The van der Waals surface area contributed by atoms with Gasteiger partial charge in [-0.3, -0.25) is 4.79 Å². The van der Waals surface area contributed by atoms with Crippen molar-refractivity contribution in [3.63, 3.8) is 0 Å². The lowest BCUT2D eigenvalue weighted by atomic mass is 9.94. The minimum absolute atomic E-state index is 0.147. The van der Waals surface area contributed by atoms with Crippen molar-refractivity contribution in [2.45, 2.75) is 31.8 Å². The van der Waals surface area contributed by atoms with Crippen LogP contribution in [0.4, 0.5) is 17.6 Å². The zero-order valence-corrected chi connectivity index (χ0v) is 13.1. The Hall–Kier alpha value is -1.83. The van der Waals surface area contributed by atoms with Crippen molar-refractivity contribution in [1.82, 2.24) is 4.90 Å². The normalized spacial score (nSPS) is 18.8. The zero-order valence-electron chi connectivity index (χ0n) is 13.1. The minimum atomic E-state index is -4.65. The number of ether oxygens (including phenoxy) is 1. The maximum absolute atomic E-state index is 13.2. The number of para-hydroxylation sites is 1. The molecule has 0 radical (unpaired) electrons. The van der Waals surface area contributed by atoms with Crippen molar-refractivity contribution in [3.05, 3.63) is 29.8 Å². The van der Waals surface area contributed by atoms with Crippen LogP contribution >= 0.6 is 0 Å². The standard InChI is InChI=1S/C16H20F4N2O2/c17-15(18)16(19,20)24-13-6-2-1-5-12(13)14(23)22-9-3-4-11(10-22)7-8-21/h1-2,5-6,11,15H,3-4,7-10,21H2/t11-/m1/s1. The molecule has 1 fully saturated rings. The minimum Gasteiger partial charge on any atom is -0.427 e. The number of carbonyl (C=O) groups is 1. The van der Waals surface area contributed by atoms with Gasteiger partial charge in [0.25, 0.3) is 5.91 Å². The molecule has 1 heterocycles. The number of likely N-dealkylation sites (tertiary alicyclic amines) is 1. The number of nitrogens with two attached hydrogens (primary N) is 1. The fraction of sp³-hybridized carbons (Fsp3) is 0.562. The molecular weight excluding hydrogens is 328 g/mol. The molecule has 0 saturated carbocycles. The maximum atomic E-state index is 13.2. The van der Waals surface area contributed by atoms with E-state index in [1.807, 2.05) is 0 Å². The molecule has 24 heavy (non-hydrogen) atoms. The van der Waals surface area contributed by atoms with Gasteiger partial charge in [0.1, 0.15) is 5.75 Å². The van der Waals surface area contributed by atoms with E-state index in [4.69, 9.17) is 5.73 Å². The van der Waals surface area contributed by atoms with Crippen molar-refractivity contribution >= 4 is 5.91 Å². The van der Waals surface area contributed by atoms with Crippen LogP contribution in [0.5, 0.6) is 5.75 Å².